The summed E-state index contributed by atoms with van der Waals surface area (Å²) in [6, 6.07) is 11.1. The lowest BCUT2D eigenvalue weighted by atomic mass is 10.1. The molecule has 3 amide bonds. The zero-order valence-electron chi connectivity index (χ0n) is 20.0. The van der Waals surface area contributed by atoms with Crippen LogP contribution in [-0.4, -0.2) is 65.9 Å². The smallest absolute Gasteiger partial charge is 0.409 e. The Labute approximate surface area is 216 Å². The molecule has 1 fully saturated rings. The first-order valence-electron chi connectivity index (χ1n) is 11.5. The van der Waals surface area contributed by atoms with Crippen LogP contribution >= 0.6 is 12.4 Å². The number of amides is 3. The zero-order valence-corrected chi connectivity index (χ0v) is 20.8. The van der Waals surface area contributed by atoms with Crippen molar-refractivity contribution in [2.24, 2.45) is 5.73 Å². The molecular weight excluding hydrogens is 486 g/mol. The van der Waals surface area contributed by atoms with E-state index in [4.69, 9.17) is 15.9 Å². The highest BCUT2D eigenvalue weighted by Gasteiger charge is 2.26. The molecule has 12 heteroatoms. The van der Waals surface area contributed by atoms with Gasteiger partial charge in [-0.15, -0.1) is 12.4 Å². The molecule has 1 saturated heterocycles. The molecule has 1 unspecified atom stereocenters. The van der Waals surface area contributed by atoms with Crippen molar-refractivity contribution < 1.29 is 19.1 Å². The monoisotopic (exact) mass is 517 g/mol. The summed E-state index contributed by atoms with van der Waals surface area (Å²) < 4.78 is 5.01. The number of halogens is 1. The minimum absolute atomic E-state index is 0. The minimum atomic E-state index is -0.862. The molecular formula is C24H32ClN7O4. The summed E-state index contributed by atoms with van der Waals surface area (Å²) in [5.74, 6) is -0.826. The van der Waals surface area contributed by atoms with Gasteiger partial charge in [0, 0.05) is 36.6 Å². The molecule has 3 rings (SSSR count). The third-order valence-corrected chi connectivity index (χ3v) is 5.54. The van der Waals surface area contributed by atoms with Gasteiger partial charge in [0.25, 0.3) is 0 Å². The number of ether oxygens (including phenoxy) is 1. The van der Waals surface area contributed by atoms with Crippen LogP contribution in [-0.2, 0) is 14.3 Å². The Balaban J connectivity index is 0.00000456. The molecule has 1 atom stereocenters. The second-order valence-electron chi connectivity index (χ2n) is 8.07. The Morgan fingerprint density at radius 1 is 1.19 bits per heavy atom. The molecule has 6 N–H and O–H groups in total. The van der Waals surface area contributed by atoms with Gasteiger partial charge in [0.15, 0.2) is 0 Å². The van der Waals surface area contributed by atoms with Crippen molar-refractivity contribution >= 4 is 41.8 Å². The molecule has 1 aliphatic heterocycles. The fourth-order valence-electron chi connectivity index (χ4n) is 3.73. The van der Waals surface area contributed by atoms with Crippen molar-refractivity contribution in [3.05, 3.63) is 59.9 Å². The lowest BCUT2D eigenvalue weighted by Gasteiger charge is -2.31. The van der Waals surface area contributed by atoms with E-state index in [1.54, 1.807) is 60.5 Å². The number of pyridine rings is 1. The van der Waals surface area contributed by atoms with Crippen molar-refractivity contribution in [3.8, 4) is 0 Å². The van der Waals surface area contributed by atoms with Crippen molar-refractivity contribution in [2.45, 2.75) is 31.8 Å². The van der Waals surface area contributed by atoms with Crippen LogP contribution in [0.5, 0.6) is 0 Å². The normalized spacial score (nSPS) is 14.1. The number of benzene rings is 1. The highest BCUT2D eigenvalue weighted by molar-refractivity contribution is 5.96. The molecule has 0 radical (unpaired) electrons. The van der Waals surface area contributed by atoms with Gasteiger partial charge in [-0.1, -0.05) is 18.2 Å². The number of nitrogens with zero attached hydrogens (tertiary/aromatic N) is 2. The fourth-order valence-corrected chi connectivity index (χ4v) is 3.73. The molecule has 194 valence electrons. The summed E-state index contributed by atoms with van der Waals surface area (Å²) >= 11 is 0. The highest BCUT2D eigenvalue weighted by atomic mass is 35.5. The number of aromatic nitrogens is 1. The van der Waals surface area contributed by atoms with Crippen LogP contribution in [0.4, 0.5) is 10.5 Å². The van der Waals surface area contributed by atoms with Crippen LogP contribution in [0.25, 0.3) is 0 Å². The molecule has 2 aromatic rings. The molecule has 0 spiro atoms. The van der Waals surface area contributed by atoms with Crippen LogP contribution in [0, 0.1) is 5.41 Å². The van der Waals surface area contributed by atoms with Gasteiger partial charge < -0.3 is 31.3 Å². The molecule has 36 heavy (non-hydrogen) atoms. The van der Waals surface area contributed by atoms with Crippen LogP contribution < -0.4 is 21.7 Å². The molecule has 1 aliphatic rings. The van der Waals surface area contributed by atoms with Gasteiger partial charge >= 0.3 is 6.09 Å². The molecule has 0 saturated carbocycles. The van der Waals surface area contributed by atoms with Crippen LogP contribution in [0.3, 0.4) is 0 Å². The topological polar surface area (TPSA) is 163 Å². The summed E-state index contributed by atoms with van der Waals surface area (Å²) in [6.07, 6.45) is 2.47. The standard InChI is InChI=1S/C24H31N7O4.ClH/c1-2-35-24(34)31-12-9-17(10-13-31)29-20(32)15-28-23(33)21(19-8-3-4-11-27-19)30-18-7-5-6-16(14-18)22(25)26;/h3-8,11,14,17,21,30H,2,9-10,12-13,15H2,1H3,(H3,25,26)(H,28,33)(H,29,32);1H. The lowest BCUT2D eigenvalue weighted by Crippen LogP contribution is -2.49. The highest BCUT2D eigenvalue weighted by Crippen LogP contribution is 2.19. The van der Waals surface area contributed by atoms with E-state index < -0.39 is 11.9 Å². The summed E-state index contributed by atoms with van der Waals surface area (Å²) in [5, 5.41) is 16.3. The maximum absolute atomic E-state index is 13.0. The first-order chi connectivity index (χ1) is 16.9. The molecule has 0 aliphatic carbocycles. The van der Waals surface area contributed by atoms with Gasteiger partial charge in [-0.05, 0) is 44.0 Å². The average Bonchev–Trinajstić information content (AvgIpc) is 2.87. The lowest BCUT2D eigenvalue weighted by molar-refractivity contribution is -0.127. The second kappa shape index (κ2) is 13.9. The number of nitrogens with one attached hydrogen (secondary N) is 4. The van der Waals surface area contributed by atoms with Gasteiger partial charge in [0.05, 0.1) is 18.8 Å². The Hall–Kier alpha value is -3.86. The number of rotatable bonds is 9. The third-order valence-electron chi connectivity index (χ3n) is 5.54. The van der Waals surface area contributed by atoms with Crippen LogP contribution in [0.15, 0.2) is 48.7 Å². The SMILES string of the molecule is CCOC(=O)N1CCC(NC(=O)CNC(=O)C(Nc2cccc(C(=N)N)c2)c2ccccn2)CC1.Cl. The number of nitrogen functional groups attached to an aromatic ring is 1. The summed E-state index contributed by atoms with van der Waals surface area (Å²) in [7, 11) is 0. The molecule has 2 heterocycles. The van der Waals surface area contributed by atoms with E-state index in [-0.39, 0.29) is 42.8 Å². The number of carbonyl (C=O) groups is 3. The first kappa shape index (κ1) is 28.4. The predicted molar refractivity (Wildman–Crippen MR) is 138 cm³/mol. The van der Waals surface area contributed by atoms with Crippen molar-refractivity contribution in [2.75, 3.05) is 31.6 Å². The van der Waals surface area contributed by atoms with Gasteiger partial charge in [-0.3, -0.25) is 20.0 Å². The largest absolute Gasteiger partial charge is 0.450 e. The van der Waals surface area contributed by atoms with Crippen molar-refractivity contribution in [1.82, 2.24) is 20.5 Å². The molecule has 1 aromatic heterocycles. The number of likely N-dealkylation sites (tertiary alicyclic amines) is 1. The van der Waals surface area contributed by atoms with E-state index in [1.165, 1.54) is 0 Å². The van der Waals surface area contributed by atoms with Crippen molar-refractivity contribution in [1.29, 1.82) is 5.41 Å². The zero-order chi connectivity index (χ0) is 25.2. The Morgan fingerprint density at radius 3 is 2.58 bits per heavy atom. The Kier molecular flexibility index (Phi) is 10.9. The van der Waals surface area contributed by atoms with Gasteiger partial charge in [0.2, 0.25) is 11.8 Å². The second-order valence-corrected chi connectivity index (χ2v) is 8.07. The average molecular weight is 518 g/mol. The third kappa shape index (κ3) is 8.12. The number of piperidine rings is 1. The number of hydrogen-bond donors (Lipinski definition) is 5. The van der Waals surface area contributed by atoms with E-state index in [1.807, 2.05) is 0 Å². The number of hydrogen-bond acceptors (Lipinski definition) is 7. The molecule has 1 aromatic carbocycles. The molecule has 0 bridgehead atoms. The number of nitrogens with two attached hydrogens (primary N) is 1. The van der Waals surface area contributed by atoms with E-state index in [9.17, 15) is 14.4 Å². The minimum Gasteiger partial charge on any atom is -0.450 e. The molecule has 11 nitrogen and oxygen atoms in total. The maximum atomic E-state index is 13.0. The fraction of sp³-hybridized carbons (Fsp3) is 0.375. The predicted octanol–water partition coefficient (Wildman–Crippen LogP) is 1.79. The van der Waals surface area contributed by atoms with Gasteiger partial charge in [0.1, 0.15) is 11.9 Å². The van der Waals surface area contributed by atoms with Crippen LogP contribution in [0.2, 0.25) is 0 Å². The van der Waals surface area contributed by atoms with E-state index in [2.05, 4.69) is 20.9 Å². The quantitative estimate of drug-likeness (QED) is 0.250. The maximum Gasteiger partial charge on any atom is 0.409 e. The number of amidine groups is 1. The Morgan fingerprint density at radius 2 is 1.94 bits per heavy atom. The summed E-state index contributed by atoms with van der Waals surface area (Å²) in [5.41, 5.74) is 7.15. The number of carbonyl (C=O) groups excluding carboxylic acids is 3. The summed E-state index contributed by atoms with van der Waals surface area (Å²) in [6.45, 7) is 2.89. The van der Waals surface area contributed by atoms with Crippen molar-refractivity contribution in [3.63, 3.8) is 0 Å². The van der Waals surface area contributed by atoms with Crippen LogP contribution in [0.1, 0.15) is 37.1 Å². The van der Waals surface area contributed by atoms with E-state index >= 15 is 0 Å². The van der Waals surface area contributed by atoms with Gasteiger partial charge in [-0.25, -0.2) is 4.79 Å². The summed E-state index contributed by atoms with van der Waals surface area (Å²) in [4.78, 5) is 43.2. The number of anilines is 1. The van der Waals surface area contributed by atoms with E-state index in [0.29, 0.717) is 49.5 Å². The first-order valence-corrected chi connectivity index (χ1v) is 11.5. The van der Waals surface area contributed by atoms with E-state index in [0.717, 1.165) is 0 Å². The Bertz CT molecular complexity index is 1050. The van der Waals surface area contributed by atoms with Gasteiger partial charge in [-0.2, -0.15) is 0 Å².